The van der Waals surface area contributed by atoms with E-state index in [-0.39, 0.29) is 11.6 Å². The molecule has 3 aromatic heterocycles. The quantitative estimate of drug-likeness (QED) is 0.244. The van der Waals surface area contributed by atoms with Crippen LogP contribution < -0.4 is 20.7 Å². The molecule has 0 bridgehead atoms. The molecule has 2 amide bonds. The minimum absolute atomic E-state index is 0.0936. The summed E-state index contributed by atoms with van der Waals surface area (Å²) in [5.41, 5.74) is 2.51. The summed E-state index contributed by atoms with van der Waals surface area (Å²) in [6.45, 7) is 1.84. The molecule has 4 aromatic rings. The first-order valence-electron chi connectivity index (χ1n) is 12.3. The first kappa shape index (κ1) is 28.6. The van der Waals surface area contributed by atoms with E-state index in [2.05, 4.69) is 41.3 Å². The second kappa shape index (κ2) is 11.7. The Morgan fingerprint density at radius 2 is 1.73 bits per heavy atom. The summed E-state index contributed by atoms with van der Waals surface area (Å²) in [5, 5.41) is 26.0. The summed E-state index contributed by atoms with van der Waals surface area (Å²) in [6, 6.07) is 10.8. The Morgan fingerprint density at radius 1 is 0.975 bits per heavy atom. The van der Waals surface area contributed by atoms with Gasteiger partial charge in [-0.3, -0.25) is 9.59 Å². The fourth-order valence-corrected chi connectivity index (χ4v) is 4.56. The molecule has 0 saturated carbocycles. The number of rotatable bonds is 9. The van der Waals surface area contributed by atoms with Crippen LogP contribution in [0, 0.1) is 6.92 Å². The molecule has 40 heavy (non-hydrogen) atoms. The third-order valence-corrected chi connectivity index (χ3v) is 6.41. The Balaban J connectivity index is 1.73. The lowest BCUT2D eigenvalue weighted by molar-refractivity contribution is 0.0831. The van der Waals surface area contributed by atoms with Gasteiger partial charge in [-0.15, -0.1) is 26.6 Å². The molecular weight excluding hydrogens is 527 g/mol. The third-order valence-electron chi connectivity index (χ3n) is 5.39. The Bertz CT molecular complexity index is 1540. The first-order chi connectivity index (χ1) is 18.9. The largest absolute Gasteiger partial charge is 0.494 e. The number of hydrogen-bond acceptors (Lipinski definition) is 11. The van der Waals surface area contributed by atoms with Crippen LogP contribution in [-0.2, 0) is 0 Å². The molecule has 0 saturated heterocycles. The Morgan fingerprint density at radius 3 is 2.38 bits per heavy atom. The highest BCUT2D eigenvalue weighted by Crippen LogP contribution is 2.40. The maximum atomic E-state index is 13.2. The number of para-hydroxylation sites is 1. The van der Waals surface area contributed by atoms with E-state index in [1.54, 1.807) is 39.5 Å². The number of hydrogen-bond donors (Lipinski definition) is 3. The van der Waals surface area contributed by atoms with Crippen LogP contribution in [0.1, 0.15) is 25.9 Å². The van der Waals surface area contributed by atoms with Gasteiger partial charge >= 0.3 is 0 Å². The number of anilines is 4. The zero-order chi connectivity index (χ0) is 29.0. The van der Waals surface area contributed by atoms with Gasteiger partial charge in [0.1, 0.15) is 33.4 Å². The van der Waals surface area contributed by atoms with E-state index in [0.717, 1.165) is 5.69 Å². The fourth-order valence-electron chi connectivity index (χ4n) is 3.60. The van der Waals surface area contributed by atoms with Crippen molar-refractivity contribution >= 4 is 69.7 Å². The maximum Gasteiger partial charge on any atom is 0.272 e. The molecule has 0 fully saturated rings. The molecule has 4 rings (SSSR count). The average Bonchev–Trinajstić information content (AvgIpc) is 3.38. The van der Waals surface area contributed by atoms with Gasteiger partial charge in [0.15, 0.2) is 23.1 Å². The number of carbonyl (C=O) groups is 2. The monoisotopic (exact) mass is 555 g/mol. The van der Waals surface area contributed by atoms with Crippen molar-refractivity contribution in [1.29, 1.82) is 0 Å². The number of methoxy groups -OCH3 is 1. The molecule has 0 aliphatic carbocycles. The van der Waals surface area contributed by atoms with Crippen LogP contribution in [0.15, 0.2) is 42.6 Å². The number of nitrogens with one attached hydrogen (secondary N) is 3. The number of aryl methyl sites for hydroxylation is 1. The predicted octanol–water partition coefficient (Wildman–Crippen LogP) is 0.137. The summed E-state index contributed by atoms with van der Waals surface area (Å²) >= 11 is 1.27. The normalized spacial score (nSPS) is 11.0. The van der Waals surface area contributed by atoms with Crippen molar-refractivity contribution < 1.29 is 14.3 Å². The van der Waals surface area contributed by atoms with Crippen LogP contribution in [0.25, 0.3) is 10.6 Å². The molecule has 0 aliphatic heterocycles. The Kier molecular flexibility index (Phi) is 8.38. The van der Waals surface area contributed by atoms with Gasteiger partial charge in [-0.05, 0) is 36.4 Å². The molecule has 0 spiro atoms. The van der Waals surface area contributed by atoms with E-state index in [0.29, 0.717) is 44.2 Å². The molecule has 0 radical (unpaired) electrons. The SMILES string of the molecule is BC(B)(B)NC(=O)c1nnc(Nc2ccc(C)nn2)cc1Nc1cccc(-c2ncc(C(=O)N(C)C)s2)c1OC. The van der Waals surface area contributed by atoms with Crippen LogP contribution in [0.4, 0.5) is 23.0 Å². The van der Waals surface area contributed by atoms with Gasteiger partial charge < -0.3 is 25.6 Å². The van der Waals surface area contributed by atoms with Gasteiger partial charge in [0.2, 0.25) is 0 Å². The zero-order valence-corrected chi connectivity index (χ0v) is 24.2. The molecule has 12 nitrogen and oxygen atoms in total. The van der Waals surface area contributed by atoms with Crippen molar-refractivity contribution in [3.8, 4) is 16.3 Å². The molecule has 202 valence electrons. The average molecular weight is 555 g/mol. The van der Waals surface area contributed by atoms with Crippen molar-refractivity contribution in [2.24, 2.45) is 0 Å². The Hall–Kier alpha value is -4.46. The molecule has 3 heterocycles. The van der Waals surface area contributed by atoms with E-state index in [4.69, 9.17) is 4.74 Å². The highest BCUT2D eigenvalue weighted by atomic mass is 32.1. The smallest absolute Gasteiger partial charge is 0.272 e. The number of benzene rings is 1. The molecular formula is C24H28B3N9O3S. The maximum absolute atomic E-state index is 13.2. The van der Waals surface area contributed by atoms with Gasteiger partial charge in [0, 0.05) is 20.2 Å². The predicted molar refractivity (Wildman–Crippen MR) is 163 cm³/mol. The molecule has 0 unspecified atom stereocenters. The van der Waals surface area contributed by atoms with Crippen LogP contribution in [-0.4, -0.2) is 92.1 Å². The molecule has 0 aliphatic rings. The summed E-state index contributed by atoms with van der Waals surface area (Å²) in [4.78, 5) is 32.1. The van der Waals surface area contributed by atoms with E-state index < -0.39 is 11.1 Å². The van der Waals surface area contributed by atoms with Gasteiger partial charge in [-0.2, -0.15) is 5.10 Å². The second-order valence-corrected chi connectivity index (χ2v) is 11.2. The lowest BCUT2D eigenvalue weighted by atomic mass is 9.49. The molecule has 0 atom stereocenters. The third kappa shape index (κ3) is 6.75. The highest BCUT2D eigenvalue weighted by Gasteiger charge is 2.23. The van der Waals surface area contributed by atoms with E-state index in [1.807, 2.05) is 54.7 Å². The van der Waals surface area contributed by atoms with Crippen molar-refractivity contribution in [3.05, 3.63) is 58.9 Å². The van der Waals surface area contributed by atoms with Crippen molar-refractivity contribution in [2.75, 3.05) is 31.8 Å². The van der Waals surface area contributed by atoms with Gasteiger partial charge in [0.05, 0.1) is 35.9 Å². The highest BCUT2D eigenvalue weighted by molar-refractivity contribution is 7.17. The summed E-state index contributed by atoms with van der Waals surface area (Å²) in [7, 11) is 10.6. The van der Waals surface area contributed by atoms with E-state index >= 15 is 0 Å². The van der Waals surface area contributed by atoms with Gasteiger partial charge in [-0.25, -0.2) is 4.98 Å². The minimum atomic E-state index is -0.491. The van der Waals surface area contributed by atoms with Gasteiger partial charge in [-0.1, -0.05) is 6.07 Å². The van der Waals surface area contributed by atoms with Crippen LogP contribution in [0.2, 0.25) is 0 Å². The summed E-state index contributed by atoms with van der Waals surface area (Å²) < 4.78 is 5.78. The summed E-state index contributed by atoms with van der Waals surface area (Å²) in [6.07, 6.45) is 1.55. The Labute approximate surface area is 238 Å². The molecule has 3 N–H and O–H groups in total. The lowest BCUT2D eigenvalue weighted by Gasteiger charge is -2.22. The number of aromatic nitrogens is 5. The standard InChI is InChI=1S/C24H28B3N9O3S/c1-12-8-9-17(33-32-12)30-18-10-15(19(35-34-18)21(37)31-24(25,26)27)29-14-7-5-6-13(20(14)39-4)22-28-11-16(40-22)23(38)36(2)3/h5-11H,25-27H2,1-4H3,(H,31,37)(H2,29,30,33,34). The van der Waals surface area contributed by atoms with Gasteiger partial charge in [0.25, 0.3) is 11.8 Å². The molecule has 1 aromatic carbocycles. The topological polar surface area (TPSA) is 147 Å². The van der Waals surface area contributed by atoms with Crippen molar-refractivity contribution in [3.63, 3.8) is 0 Å². The number of carbonyl (C=O) groups excluding carboxylic acids is 2. The number of ether oxygens (including phenoxy) is 1. The van der Waals surface area contributed by atoms with E-state index in [9.17, 15) is 9.59 Å². The van der Waals surface area contributed by atoms with Crippen LogP contribution >= 0.6 is 11.3 Å². The number of thiazole rings is 1. The number of amides is 2. The van der Waals surface area contributed by atoms with Crippen molar-refractivity contribution in [2.45, 2.75) is 12.2 Å². The number of nitrogens with zero attached hydrogens (tertiary/aromatic N) is 6. The minimum Gasteiger partial charge on any atom is -0.494 e. The zero-order valence-electron chi connectivity index (χ0n) is 23.4. The van der Waals surface area contributed by atoms with Crippen LogP contribution in [0.5, 0.6) is 5.75 Å². The first-order valence-corrected chi connectivity index (χ1v) is 13.2. The lowest BCUT2D eigenvalue weighted by Crippen LogP contribution is -2.50. The van der Waals surface area contributed by atoms with Crippen LogP contribution in [0.3, 0.4) is 0 Å². The van der Waals surface area contributed by atoms with E-state index in [1.165, 1.54) is 16.2 Å². The second-order valence-electron chi connectivity index (χ2n) is 10.1. The van der Waals surface area contributed by atoms with Crippen molar-refractivity contribution in [1.82, 2.24) is 35.6 Å². The summed E-state index contributed by atoms with van der Waals surface area (Å²) in [5.74, 6) is 0.788. The fraction of sp³-hybridized carbons (Fsp3) is 0.208. The molecule has 16 heteroatoms.